The van der Waals surface area contributed by atoms with E-state index in [1.807, 2.05) is 23.1 Å². The molecule has 116 valence electrons. The SMILES string of the molecule is CCCCN(CC(=O)N1CCCNCC1)c1ccccc1. The molecule has 0 radical (unpaired) electrons. The van der Waals surface area contributed by atoms with Crippen LogP contribution in [0.4, 0.5) is 5.69 Å². The van der Waals surface area contributed by atoms with Crippen LogP contribution in [0, 0.1) is 0 Å². The normalized spacial score (nSPS) is 15.6. The largest absolute Gasteiger partial charge is 0.362 e. The molecule has 1 saturated heterocycles. The van der Waals surface area contributed by atoms with Gasteiger partial charge < -0.3 is 15.1 Å². The van der Waals surface area contributed by atoms with E-state index >= 15 is 0 Å². The fourth-order valence-corrected chi connectivity index (χ4v) is 2.65. The summed E-state index contributed by atoms with van der Waals surface area (Å²) in [6, 6.07) is 10.3. The summed E-state index contributed by atoms with van der Waals surface area (Å²) in [6.07, 6.45) is 3.31. The van der Waals surface area contributed by atoms with Crippen molar-refractivity contribution >= 4 is 11.6 Å². The highest BCUT2D eigenvalue weighted by molar-refractivity contribution is 5.81. The Morgan fingerprint density at radius 3 is 2.81 bits per heavy atom. The number of hydrogen-bond acceptors (Lipinski definition) is 3. The van der Waals surface area contributed by atoms with Crippen LogP contribution < -0.4 is 10.2 Å². The van der Waals surface area contributed by atoms with Crippen LogP contribution in [0.2, 0.25) is 0 Å². The third-order valence-electron chi connectivity index (χ3n) is 3.92. The average molecular weight is 289 g/mol. The summed E-state index contributed by atoms with van der Waals surface area (Å²) in [6.45, 7) is 7.25. The van der Waals surface area contributed by atoms with Crippen molar-refractivity contribution in [1.82, 2.24) is 10.2 Å². The van der Waals surface area contributed by atoms with Gasteiger partial charge >= 0.3 is 0 Å². The molecule has 4 nitrogen and oxygen atoms in total. The summed E-state index contributed by atoms with van der Waals surface area (Å²) >= 11 is 0. The fourth-order valence-electron chi connectivity index (χ4n) is 2.65. The Morgan fingerprint density at radius 1 is 1.24 bits per heavy atom. The molecule has 0 atom stereocenters. The molecule has 2 rings (SSSR count). The Bertz CT molecular complexity index is 413. The molecule has 0 aromatic heterocycles. The Labute approximate surface area is 128 Å². The van der Waals surface area contributed by atoms with E-state index in [-0.39, 0.29) is 5.91 Å². The summed E-state index contributed by atoms with van der Waals surface area (Å²) in [7, 11) is 0. The van der Waals surface area contributed by atoms with Gasteiger partial charge in [-0.15, -0.1) is 0 Å². The van der Waals surface area contributed by atoms with Crippen molar-refractivity contribution in [2.45, 2.75) is 26.2 Å². The van der Waals surface area contributed by atoms with E-state index in [1.165, 1.54) is 0 Å². The molecule has 0 spiro atoms. The summed E-state index contributed by atoms with van der Waals surface area (Å²) in [5, 5.41) is 3.34. The maximum absolute atomic E-state index is 12.6. The second kappa shape index (κ2) is 8.67. The van der Waals surface area contributed by atoms with Crippen LogP contribution in [0.3, 0.4) is 0 Å². The van der Waals surface area contributed by atoms with Crippen molar-refractivity contribution in [2.24, 2.45) is 0 Å². The van der Waals surface area contributed by atoms with E-state index in [2.05, 4.69) is 29.3 Å². The molecule has 1 amide bonds. The summed E-state index contributed by atoms with van der Waals surface area (Å²) in [4.78, 5) is 16.8. The van der Waals surface area contributed by atoms with Gasteiger partial charge in [0.1, 0.15) is 0 Å². The van der Waals surface area contributed by atoms with Crippen LogP contribution in [-0.2, 0) is 4.79 Å². The predicted molar refractivity (Wildman–Crippen MR) is 87.6 cm³/mol. The molecule has 21 heavy (non-hydrogen) atoms. The number of hydrogen-bond donors (Lipinski definition) is 1. The minimum atomic E-state index is 0.249. The molecule has 1 aromatic carbocycles. The lowest BCUT2D eigenvalue weighted by atomic mass is 10.2. The van der Waals surface area contributed by atoms with Gasteiger partial charge in [-0.25, -0.2) is 0 Å². The standard InChI is InChI=1S/C17H27N3O/c1-2-3-12-20(16-8-5-4-6-9-16)15-17(21)19-13-7-10-18-11-14-19/h4-6,8-9,18H,2-3,7,10-15H2,1H3. The highest BCUT2D eigenvalue weighted by Crippen LogP contribution is 2.14. The number of amides is 1. The maximum atomic E-state index is 12.6. The highest BCUT2D eigenvalue weighted by Gasteiger charge is 2.18. The second-order valence-corrected chi connectivity index (χ2v) is 5.59. The zero-order valence-corrected chi connectivity index (χ0v) is 13.1. The zero-order chi connectivity index (χ0) is 14.9. The van der Waals surface area contributed by atoms with E-state index in [0.29, 0.717) is 6.54 Å². The number of carbonyl (C=O) groups is 1. The molecular weight excluding hydrogens is 262 g/mol. The Hall–Kier alpha value is -1.55. The van der Waals surface area contributed by atoms with Gasteiger partial charge in [-0.05, 0) is 31.5 Å². The molecule has 1 N–H and O–H groups in total. The van der Waals surface area contributed by atoms with Gasteiger partial charge in [-0.2, -0.15) is 0 Å². The monoisotopic (exact) mass is 289 g/mol. The van der Waals surface area contributed by atoms with Gasteiger partial charge in [-0.1, -0.05) is 31.5 Å². The van der Waals surface area contributed by atoms with Crippen LogP contribution in [0.15, 0.2) is 30.3 Å². The first kappa shape index (κ1) is 15.8. The molecule has 1 aliphatic heterocycles. The van der Waals surface area contributed by atoms with Gasteiger partial charge in [0.2, 0.25) is 5.91 Å². The number of nitrogens with zero attached hydrogens (tertiary/aromatic N) is 2. The molecule has 0 saturated carbocycles. The zero-order valence-electron chi connectivity index (χ0n) is 13.1. The number of unbranched alkanes of at least 4 members (excludes halogenated alkanes) is 1. The van der Waals surface area contributed by atoms with Crippen molar-refractivity contribution in [3.63, 3.8) is 0 Å². The molecule has 0 unspecified atom stereocenters. The summed E-state index contributed by atoms with van der Waals surface area (Å²) in [5.74, 6) is 0.249. The smallest absolute Gasteiger partial charge is 0.242 e. The van der Waals surface area contributed by atoms with E-state index in [0.717, 1.165) is 57.7 Å². The van der Waals surface area contributed by atoms with Crippen molar-refractivity contribution < 1.29 is 4.79 Å². The van der Waals surface area contributed by atoms with Crippen LogP contribution in [0.5, 0.6) is 0 Å². The first-order chi connectivity index (χ1) is 10.3. The van der Waals surface area contributed by atoms with Crippen molar-refractivity contribution in [3.05, 3.63) is 30.3 Å². The van der Waals surface area contributed by atoms with E-state index in [1.54, 1.807) is 0 Å². The molecule has 1 heterocycles. The lowest BCUT2D eigenvalue weighted by Gasteiger charge is -2.28. The molecule has 4 heteroatoms. The summed E-state index contributed by atoms with van der Waals surface area (Å²) < 4.78 is 0. The van der Waals surface area contributed by atoms with Gasteiger partial charge in [0, 0.05) is 31.9 Å². The number of carbonyl (C=O) groups excluding carboxylic acids is 1. The maximum Gasteiger partial charge on any atom is 0.242 e. The Morgan fingerprint density at radius 2 is 2.05 bits per heavy atom. The van der Waals surface area contributed by atoms with Crippen molar-refractivity contribution in [3.8, 4) is 0 Å². The first-order valence-corrected chi connectivity index (χ1v) is 8.09. The van der Waals surface area contributed by atoms with Crippen molar-refractivity contribution in [1.29, 1.82) is 0 Å². The highest BCUT2D eigenvalue weighted by atomic mass is 16.2. The molecule has 1 fully saturated rings. The van der Waals surface area contributed by atoms with Gasteiger partial charge in [-0.3, -0.25) is 4.79 Å². The predicted octanol–water partition coefficient (Wildman–Crippen LogP) is 2.11. The molecule has 0 aliphatic carbocycles. The third-order valence-corrected chi connectivity index (χ3v) is 3.92. The molecule has 1 aromatic rings. The fraction of sp³-hybridized carbons (Fsp3) is 0.588. The first-order valence-electron chi connectivity index (χ1n) is 8.09. The quantitative estimate of drug-likeness (QED) is 0.871. The lowest BCUT2D eigenvalue weighted by molar-refractivity contribution is -0.129. The minimum Gasteiger partial charge on any atom is -0.362 e. The van der Waals surface area contributed by atoms with Gasteiger partial charge in [0.05, 0.1) is 6.54 Å². The van der Waals surface area contributed by atoms with Gasteiger partial charge in [0.15, 0.2) is 0 Å². The van der Waals surface area contributed by atoms with Crippen LogP contribution in [-0.4, -0.2) is 50.1 Å². The lowest BCUT2D eigenvalue weighted by Crippen LogP contribution is -2.42. The number of rotatable bonds is 6. The summed E-state index contributed by atoms with van der Waals surface area (Å²) in [5.41, 5.74) is 1.15. The van der Waals surface area contributed by atoms with E-state index < -0.39 is 0 Å². The van der Waals surface area contributed by atoms with Crippen LogP contribution >= 0.6 is 0 Å². The molecule has 1 aliphatic rings. The van der Waals surface area contributed by atoms with Crippen LogP contribution in [0.1, 0.15) is 26.2 Å². The Kier molecular flexibility index (Phi) is 6.54. The van der Waals surface area contributed by atoms with Crippen molar-refractivity contribution in [2.75, 3.05) is 44.2 Å². The Balaban J connectivity index is 1.98. The number of anilines is 1. The molecular formula is C17H27N3O. The van der Waals surface area contributed by atoms with Crippen LogP contribution in [0.25, 0.3) is 0 Å². The topological polar surface area (TPSA) is 35.6 Å². The third kappa shape index (κ3) is 5.05. The average Bonchev–Trinajstić information content (AvgIpc) is 2.81. The number of benzene rings is 1. The number of nitrogens with one attached hydrogen (secondary N) is 1. The number of para-hydroxylation sites is 1. The molecule has 0 bridgehead atoms. The van der Waals surface area contributed by atoms with E-state index in [9.17, 15) is 4.79 Å². The van der Waals surface area contributed by atoms with E-state index in [4.69, 9.17) is 0 Å². The minimum absolute atomic E-state index is 0.249. The second-order valence-electron chi connectivity index (χ2n) is 5.59. The van der Waals surface area contributed by atoms with Gasteiger partial charge in [0.25, 0.3) is 0 Å².